The molecule has 1 aromatic carbocycles. The van der Waals surface area contributed by atoms with Crippen LogP contribution < -0.4 is 0 Å². The first-order chi connectivity index (χ1) is 4.22. The van der Waals surface area contributed by atoms with Gasteiger partial charge in [-0.1, -0.05) is 23.7 Å². The first-order valence-electron chi connectivity index (χ1n) is 2.66. The summed E-state index contributed by atoms with van der Waals surface area (Å²) in [6, 6.07) is 5.77. The minimum Gasteiger partial charge on any atom is -0.142 e. The summed E-state index contributed by atoms with van der Waals surface area (Å²) in [5.41, 5.74) is 1.07. The Labute approximate surface area is 65.3 Å². The summed E-state index contributed by atoms with van der Waals surface area (Å²) in [7, 11) is 0. The molecule has 0 N–H and O–H groups in total. The van der Waals surface area contributed by atoms with Gasteiger partial charge in [0.25, 0.3) is 0 Å². The van der Waals surface area contributed by atoms with Gasteiger partial charge in [-0.3, -0.25) is 0 Å². The topological polar surface area (TPSA) is 0 Å². The molecule has 0 aliphatic rings. The van der Waals surface area contributed by atoms with Gasteiger partial charge in [0.05, 0.1) is 5.02 Å². The molecular formula is C7H7ClS. The predicted molar refractivity (Wildman–Crippen MR) is 43.4 cm³/mol. The SMILES string of the molecule is Cc1cccc(S)c1Cl. The van der Waals surface area contributed by atoms with Crippen LogP contribution in [0.4, 0.5) is 0 Å². The van der Waals surface area contributed by atoms with Gasteiger partial charge in [-0.2, -0.15) is 0 Å². The van der Waals surface area contributed by atoms with Crippen molar-refractivity contribution in [2.24, 2.45) is 0 Å². The van der Waals surface area contributed by atoms with E-state index in [-0.39, 0.29) is 0 Å². The molecule has 0 radical (unpaired) electrons. The van der Waals surface area contributed by atoms with Gasteiger partial charge in [-0.15, -0.1) is 12.6 Å². The van der Waals surface area contributed by atoms with Gasteiger partial charge in [-0.25, -0.2) is 0 Å². The predicted octanol–water partition coefficient (Wildman–Crippen LogP) is 2.94. The van der Waals surface area contributed by atoms with Crippen molar-refractivity contribution in [2.75, 3.05) is 0 Å². The molecule has 0 bridgehead atoms. The van der Waals surface area contributed by atoms with Crippen LogP contribution in [0.3, 0.4) is 0 Å². The van der Waals surface area contributed by atoms with Crippen molar-refractivity contribution in [1.82, 2.24) is 0 Å². The standard InChI is InChI=1S/C7H7ClS/c1-5-3-2-4-6(9)7(5)8/h2-4,9H,1H3. The lowest BCUT2D eigenvalue weighted by Crippen LogP contribution is -1.74. The number of aryl methyl sites for hydroxylation is 1. The fraction of sp³-hybridized carbons (Fsp3) is 0.143. The van der Waals surface area contributed by atoms with Crippen molar-refractivity contribution in [1.29, 1.82) is 0 Å². The van der Waals surface area contributed by atoms with E-state index in [1.807, 2.05) is 25.1 Å². The fourth-order valence-corrected chi connectivity index (χ4v) is 1.02. The number of thiol groups is 1. The summed E-state index contributed by atoms with van der Waals surface area (Å²) >= 11 is 9.94. The molecule has 0 aliphatic heterocycles. The van der Waals surface area contributed by atoms with Crippen molar-refractivity contribution in [3.63, 3.8) is 0 Å². The maximum Gasteiger partial charge on any atom is 0.0568 e. The Morgan fingerprint density at radius 1 is 1.44 bits per heavy atom. The van der Waals surface area contributed by atoms with Crippen LogP contribution >= 0.6 is 24.2 Å². The van der Waals surface area contributed by atoms with Crippen LogP contribution in [0, 0.1) is 6.92 Å². The Morgan fingerprint density at radius 3 is 2.56 bits per heavy atom. The molecule has 1 aromatic rings. The van der Waals surface area contributed by atoms with Gasteiger partial charge in [0.15, 0.2) is 0 Å². The van der Waals surface area contributed by atoms with Crippen molar-refractivity contribution in [2.45, 2.75) is 11.8 Å². The molecule has 0 aromatic heterocycles. The zero-order valence-corrected chi connectivity index (χ0v) is 6.71. The van der Waals surface area contributed by atoms with Crippen LogP contribution in [0.15, 0.2) is 23.1 Å². The third kappa shape index (κ3) is 1.41. The van der Waals surface area contributed by atoms with Crippen LogP contribution in [-0.2, 0) is 0 Å². The molecule has 9 heavy (non-hydrogen) atoms. The maximum atomic E-state index is 5.80. The average Bonchev–Trinajstić information content (AvgIpc) is 1.83. The smallest absolute Gasteiger partial charge is 0.0568 e. The largest absolute Gasteiger partial charge is 0.142 e. The van der Waals surface area contributed by atoms with E-state index < -0.39 is 0 Å². The second kappa shape index (κ2) is 2.63. The van der Waals surface area contributed by atoms with Crippen LogP contribution in [0.25, 0.3) is 0 Å². The summed E-state index contributed by atoms with van der Waals surface area (Å²) in [4.78, 5) is 0.844. The fourth-order valence-electron chi connectivity index (χ4n) is 0.632. The quantitative estimate of drug-likeness (QED) is 0.552. The molecule has 0 saturated heterocycles. The highest BCUT2D eigenvalue weighted by Gasteiger charge is 1.95. The molecule has 48 valence electrons. The highest BCUT2D eigenvalue weighted by atomic mass is 35.5. The number of halogens is 1. The third-order valence-electron chi connectivity index (χ3n) is 1.17. The van der Waals surface area contributed by atoms with Crippen LogP contribution in [-0.4, -0.2) is 0 Å². The normalized spacial score (nSPS) is 9.67. The number of rotatable bonds is 0. The van der Waals surface area contributed by atoms with E-state index in [0.717, 1.165) is 15.5 Å². The first kappa shape index (κ1) is 6.97. The van der Waals surface area contributed by atoms with Crippen molar-refractivity contribution >= 4 is 24.2 Å². The minimum atomic E-state index is 0.751. The highest BCUT2D eigenvalue weighted by Crippen LogP contribution is 2.22. The second-order valence-corrected chi connectivity index (χ2v) is 2.77. The van der Waals surface area contributed by atoms with E-state index in [1.54, 1.807) is 0 Å². The van der Waals surface area contributed by atoms with E-state index in [2.05, 4.69) is 12.6 Å². The maximum absolute atomic E-state index is 5.80. The molecule has 1 rings (SSSR count). The van der Waals surface area contributed by atoms with E-state index in [9.17, 15) is 0 Å². The highest BCUT2D eigenvalue weighted by molar-refractivity contribution is 7.80. The Hall–Kier alpha value is -0.140. The Morgan fingerprint density at radius 2 is 2.11 bits per heavy atom. The summed E-state index contributed by atoms with van der Waals surface area (Å²) in [5.74, 6) is 0. The van der Waals surface area contributed by atoms with Crippen molar-refractivity contribution in [3.8, 4) is 0 Å². The molecule has 0 heterocycles. The molecule has 0 saturated carbocycles. The summed E-state index contributed by atoms with van der Waals surface area (Å²) < 4.78 is 0. The van der Waals surface area contributed by atoms with Crippen LogP contribution in [0.5, 0.6) is 0 Å². The number of hydrogen-bond acceptors (Lipinski definition) is 1. The Balaban J connectivity index is 3.25. The van der Waals surface area contributed by atoms with Crippen molar-refractivity contribution < 1.29 is 0 Å². The van der Waals surface area contributed by atoms with Crippen LogP contribution in [0.2, 0.25) is 5.02 Å². The average molecular weight is 159 g/mol. The second-order valence-electron chi connectivity index (χ2n) is 1.91. The molecule has 0 aliphatic carbocycles. The lowest BCUT2D eigenvalue weighted by Gasteiger charge is -1.97. The van der Waals surface area contributed by atoms with Gasteiger partial charge in [0, 0.05) is 4.90 Å². The molecule has 0 spiro atoms. The molecule has 0 amide bonds. The first-order valence-corrected chi connectivity index (χ1v) is 3.48. The molecule has 0 fully saturated rings. The zero-order valence-electron chi connectivity index (χ0n) is 5.06. The number of hydrogen-bond donors (Lipinski definition) is 1. The van der Waals surface area contributed by atoms with E-state index in [1.165, 1.54) is 0 Å². The minimum absolute atomic E-state index is 0.751. The van der Waals surface area contributed by atoms with Gasteiger partial charge in [0.1, 0.15) is 0 Å². The van der Waals surface area contributed by atoms with Gasteiger partial charge >= 0.3 is 0 Å². The van der Waals surface area contributed by atoms with Crippen LogP contribution in [0.1, 0.15) is 5.56 Å². The Bertz CT molecular complexity index is 200. The number of benzene rings is 1. The molecule has 0 unspecified atom stereocenters. The lowest BCUT2D eigenvalue weighted by molar-refractivity contribution is 1.37. The summed E-state index contributed by atoms with van der Waals surface area (Å²) in [6.07, 6.45) is 0. The third-order valence-corrected chi connectivity index (χ3v) is 2.18. The molecule has 0 nitrogen and oxygen atoms in total. The molecule has 2 heteroatoms. The summed E-state index contributed by atoms with van der Waals surface area (Å²) in [6.45, 7) is 1.96. The van der Waals surface area contributed by atoms with E-state index >= 15 is 0 Å². The van der Waals surface area contributed by atoms with Gasteiger partial charge in [-0.05, 0) is 18.6 Å². The van der Waals surface area contributed by atoms with E-state index in [4.69, 9.17) is 11.6 Å². The molecular weight excluding hydrogens is 152 g/mol. The van der Waals surface area contributed by atoms with Crippen molar-refractivity contribution in [3.05, 3.63) is 28.8 Å². The zero-order chi connectivity index (χ0) is 6.85. The monoisotopic (exact) mass is 158 g/mol. The van der Waals surface area contributed by atoms with Gasteiger partial charge in [0.2, 0.25) is 0 Å². The Kier molecular flexibility index (Phi) is 2.04. The van der Waals surface area contributed by atoms with Gasteiger partial charge < -0.3 is 0 Å². The lowest BCUT2D eigenvalue weighted by atomic mass is 10.2. The van der Waals surface area contributed by atoms with E-state index in [0.29, 0.717) is 0 Å². The summed E-state index contributed by atoms with van der Waals surface area (Å²) in [5, 5.41) is 0.751. The molecule has 0 atom stereocenters.